The second-order valence-corrected chi connectivity index (χ2v) is 6.24. The largest absolute Gasteiger partial charge is 0.394 e. The van der Waals surface area contributed by atoms with Crippen LogP contribution < -0.4 is 0 Å². The lowest BCUT2D eigenvalue weighted by Gasteiger charge is -2.29. The summed E-state index contributed by atoms with van der Waals surface area (Å²) in [6.07, 6.45) is 6.19. The van der Waals surface area contributed by atoms with E-state index >= 15 is 0 Å². The van der Waals surface area contributed by atoms with Crippen molar-refractivity contribution < 1.29 is 9.90 Å². The SMILES string of the molecule is CSc1ccc(C)c(C(=O)N2CCCCCC2CO)c1. The number of likely N-dealkylation sites (tertiary alicyclic amines) is 1. The Balaban J connectivity index is 2.28. The monoisotopic (exact) mass is 293 g/mol. The van der Waals surface area contributed by atoms with Crippen molar-refractivity contribution >= 4 is 17.7 Å². The highest BCUT2D eigenvalue weighted by atomic mass is 32.2. The lowest BCUT2D eigenvalue weighted by atomic mass is 10.1. The van der Waals surface area contributed by atoms with Gasteiger partial charge in [-0.2, -0.15) is 0 Å². The van der Waals surface area contributed by atoms with Crippen LogP contribution in [0.4, 0.5) is 0 Å². The number of aliphatic hydroxyl groups is 1. The zero-order valence-corrected chi connectivity index (χ0v) is 13.1. The van der Waals surface area contributed by atoms with Crippen LogP contribution in [0.1, 0.15) is 41.6 Å². The van der Waals surface area contributed by atoms with Crippen LogP contribution in [0, 0.1) is 6.92 Å². The quantitative estimate of drug-likeness (QED) is 0.871. The molecule has 1 aliphatic rings. The predicted molar refractivity (Wildman–Crippen MR) is 83.3 cm³/mol. The van der Waals surface area contributed by atoms with E-state index < -0.39 is 0 Å². The minimum Gasteiger partial charge on any atom is -0.394 e. The van der Waals surface area contributed by atoms with Gasteiger partial charge in [-0.05, 0) is 43.7 Å². The number of aryl methyl sites for hydroxylation is 1. The molecule has 20 heavy (non-hydrogen) atoms. The molecule has 1 aromatic carbocycles. The molecule has 1 amide bonds. The molecular weight excluding hydrogens is 270 g/mol. The zero-order chi connectivity index (χ0) is 14.5. The maximum atomic E-state index is 12.8. The van der Waals surface area contributed by atoms with E-state index in [-0.39, 0.29) is 18.6 Å². The van der Waals surface area contributed by atoms with Gasteiger partial charge < -0.3 is 10.0 Å². The number of carbonyl (C=O) groups excluding carboxylic acids is 1. The molecule has 3 nitrogen and oxygen atoms in total. The van der Waals surface area contributed by atoms with E-state index in [2.05, 4.69) is 0 Å². The molecule has 1 atom stereocenters. The van der Waals surface area contributed by atoms with Gasteiger partial charge in [0.05, 0.1) is 12.6 Å². The third-order valence-corrected chi connectivity index (χ3v) is 4.75. The number of rotatable bonds is 3. The predicted octanol–water partition coefficient (Wildman–Crippen LogP) is 3.09. The molecule has 4 heteroatoms. The third-order valence-electron chi connectivity index (χ3n) is 4.02. The average Bonchev–Trinajstić information content (AvgIpc) is 2.72. The van der Waals surface area contributed by atoms with E-state index in [1.54, 1.807) is 11.8 Å². The number of carbonyl (C=O) groups is 1. The molecule has 1 saturated heterocycles. The van der Waals surface area contributed by atoms with Crippen LogP contribution in [-0.2, 0) is 0 Å². The zero-order valence-electron chi connectivity index (χ0n) is 12.3. The third kappa shape index (κ3) is 3.36. The molecule has 2 rings (SSSR count). The van der Waals surface area contributed by atoms with Gasteiger partial charge in [-0.1, -0.05) is 18.9 Å². The lowest BCUT2D eigenvalue weighted by molar-refractivity contribution is 0.0599. The lowest BCUT2D eigenvalue weighted by Crippen LogP contribution is -2.42. The number of amides is 1. The van der Waals surface area contributed by atoms with Gasteiger partial charge in [0.2, 0.25) is 0 Å². The summed E-state index contributed by atoms with van der Waals surface area (Å²) in [5, 5.41) is 9.55. The molecule has 110 valence electrons. The Bertz CT molecular complexity index is 476. The first-order chi connectivity index (χ1) is 9.67. The van der Waals surface area contributed by atoms with E-state index in [0.717, 1.165) is 48.3 Å². The van der Waals surface area contributed by atoms with E-state index in [1.807, 2.05) is 36.3 Å². The van der Waals surface area contributed by atoms with E-state index in [1.165, 1.54) is 0 Å². The van der Waals surface area contributed by atoms with Gasteiger partial charge in [-0.15, -0.1) is 11.8 Å². The standard InChI is InChI=1S/C16H23NO2S/c1-12-7-8-14(20-2)10-15(12)16(19)17-9-5-3-4-6-13(17)11-18/h7-8,10,13,18H,3-6,9,11H2,1-2H3. The van der Waals surface area contributed by atoms with Gasteiger partial charge in [0.15, 0.2) is 0 Å². The molecule has 0 saturated carbocycles. The summed E-state index contributed by atoms with van der Waals surface area (Å²) >= 11 is 1.65. The van der Waals surface area contributed by atoms with Gasteiger partial charge >= 0.3 is 0 Å². The van der Waals surface area contributed by atoms with Crippen LogP contribution in [0.25, 0.3) is 0 Å². The molecule has 1 aliphatic heterocycles. The van der Waals surface area contributed by atoms with Crippen molar-refractivity contribution in [3.05, 3.63) is 29.3 Å². The van der Waals surface area contributed by atoms with Crippen molar-refractivity contribution in [2.24, 2.45) is 0 Å². The smallest absolute Gasteiger partial charge is 0.254 e. The van der Waals surface area contributed by atoms with Gasteiger partial charge in [0.1, 0.15) is 0 Å². The van der Waals surface area contributed by atoms with E-state index in [4.69, 9.17) is 0 Å². The first-order valence-electron chi connectivity index (χ1n) is 7.24. The number of hydrogen-bond donors (Lipinski definition) is 1. The molecule has 0 aliphatic carbocycles. The summed E-state index contributed by atoms with van der Waals surface area (Å²) in [7, 11) is 0. The normalized spacial score (nSPS) is 19.8. The van der Waals surface area contributed by atoms with Gasteiger partial charge in [-0.3, -0.25) is 4.79 Å². The van der Waals surface area contributed by atoms with E-state index in [0.29, 0.717) is 0 Å². The highest BCUT2D eigenvalue weighted by Crippen LogP contribution is 2.24. The van der Waals surface area contributed by atoms with Crippen LogP contribution in [0.5, 0.6) is 0 Å². The summed E-state index contributed by atoms with van der Waals surface area (Å²) in [5.74, 6) is 0.0688. The Labute approximate surface area is 125 Å². The number of nitrogens with zero attached hydrogens (tertiary/aromatic N) is 1. The highest BCUT2D eigenvalue weighted by Gasteiger charge is 2.26. The van der Waals surface area contributed by atoms with Crippen molar-refractivity contribution in [2.45, 2.75) is 43.5 Å². The Morgan fingerprint density at radius 1 is 1.40 bits per heavy atom. The molecule has 0 radical (unpaired) electrons. The van der Waals surface area contributed by atoms with Crippen molar-refractivity contribution in [3.8, 4) is 0 Å². The average molecular weight is 293 g/mol. The molecule has 0 bridgehead atoms. The van der Waals surface area contributed by atoms with Gasteiger partial charge in [-0.25, -0.2) is 0 Å². The first kappa shape index (κ1) is 15.4. The van der Waals surface area contributed by atoms with Crippen LogP contribution in [0.3, 0.4) is 0 Å². The van der Waals surface area contributed by atoms with Crippen LogP contribution in [0.2, 0.25) is 0 Å². The van der Waals surface area contributed by atoms with Crippen LogP contribution in [0.15, 0.2) is 23.1 Å². The molecule has 1 fully saturated rings. The number of aliphatic hydroxyl groups excluding tert-OH is 1. The molecule has 1 aromatic rings. The first-order valence-corrected chi connectivity index (χ1v) is 8.46. The molecule has 0 spiro atoms. The summed E-state index contributed by atoms with van der Waals surface area (Å²) in [6.45, 7) is 2.79. The van der Waals surface area contributed by atoms with Crippen molar-refractivity contribution in [1.82, 2.24) is 4.90 Å². The Hall–Kier alpha value is -1.00. The summed E-state index contributed by atoms with van der Waals surface area (Å²) in [6, 6.07) is 6.00. The van der Waals surface area contributed by atoms with Gasteiger partial charge in [0.25, 0.3) is 5.91 Å². The fourth-order valence-corrected chi connectivity index (χ4v) is 3.19. The van der Waals surface area contributed by atoms with E-state index in [9.17, 15) is 9.90 Å². The number of benzene rings is 1. The fourth-order valence-electron chi connectivity index (χ4n) is 2.75. The summed E-state index contributed by atoms with van der Waals surface area (Å²) in [4.78, 5) is 15.8. The number of thioether (sulfide) groups is 1. The minimum absolute atomic E-state index is 0.0256. The molecule has 1 heterocycles. The molecule has 1 unspecified atom stereocenters. The second-order valence-electron chi connectivity index (χ2n) is 5.37. The van der Waals surface area contributed by atoms with Gasteiger partial charge in [0, 0.05) is 17.0 Å². The molecular formula is C16H23NO2S. The Morgan fingerprint density at radius 3 is 2.90 bits per heavy atom. The Kier molecular flexibility index (Phi) is 5.49. The molecule has 1 N–H and O–H groups in total. The fraction of sp³-hybridized carbons (Fsp3) is 0.562. The molecule has 0 aromatic heterocycles. The number of hydrogen-bond acceptors (Lipinski definition) is 3. The van der Waals surface area contributed by atoms with Crippen molar-refractivity contribution in [1.29, 1.82) is 0 Å². The second kappa shape index (κ2) is 7.14. The van der Waals surface area contributed by atoms with Crippen LogP contribution in [-0.4, -0.2) is 41.4 Å². The topological polar surface area (TPSA) is 40.5 Å². The minimum atomic E-state index is -0.0256. The van der Waals surface area contributed by atoms with Crippen molar-refractivity contribution in [2.75, 3.05) is 19.4 Å². The van der Waals surface area contributed by atoms with Crippen molar-refractivity contribution in [3.63, 3.8) is 0 Å². The highest BCUT2D eigenvalue weighted by molar-refractivity contribution is 7.98. The summed E-state index contributed by atoms with van der Waals surface area (Å²) < 4.78 is 0. The van der Waals surface area contributed by atoms with Crippen LogP contribution >= 0.6 is 11.8 Å². The maximum absolute atomic E-state index is 12.8. The Morgan fingerprint density at radius 2 is 2.20 bits per heavy atom. The summed E-state index contributed by atoms with van der Waals surface area (Å²) in [5.41, 5.74) is 1.78. The maximum Gasteiger partial charge on any atom is 0.254 e.